The summed E-state index contributed by atoms with van der Waals surface area (Å²) in [4.78, 5) is 22.1. The number of hydrogen-bond donors (Lipinski definition) is 2. The first kappa shape index (κ1) is 27.9. The van der Waals surface area contributed by atoms with Crippen LogP contribution in [0.25, 0.3) is 0 Å². The van der Waals surface area contributed by atoms with Gasteiger partial charge in [0.05, 0.1) is 33.5 Å². The topological polar surface area (TPSA) is 113 Å². The maximum Gasteiger partial charge on any atom is 0.351 e. The highest BCUT2D eigenvalue weighted by Crippen LogP contribution is 2.42. The van der Waals surface area contributed by atoms with Crippen LogP contribution in [0.5, 0.6) is 11.5 Å². The molecule has 42 heavy (non-hydrogen) atoms. The molecule has 218 valence electrons. The lowest BCUT2D eigenvalue weighted by Crippen LogP contribution is -2.38. The molecule has 6 rings (SSSR count). The highest BCUT2D eigenvalue weighted by molar-refractivity contribution is 5.49. The quantitative estimate of drug-likeness (QED) is 0.290. The number of ether oxygens (including phenoxy) is 4. The third kappa shape index (κ3) is 5.25. The first-order chi connectivity index (χ1) is 20.5. The molecule has 0 saturated carbocycles. The van der Waals surface area contributed by atoms with Gasteiger partial charge in [0.25, 0.3) is 0 Å². The minimum atomic E-state index is -1.06. The Morgan fingerprint density at radius 2 is 1.57 bits per heavy atom. The van der Waals surface area contributed by atoms with E-state index in [9.17, 15) is 9.90 Å². The molecule has 10 heteroatoms. The molecule has 1 saturated heterocycles. The van der Waals surface area contributed by atoms with E-state index in [2.05, 4.69) is 10.5 Å². The number of aliphatic hydroxyl groups excluding tert-OH is 1. The zero-order valence-electron chi connectivity index (χ0n) is 23.4. The average molecular weight is 572 g/mol. The highest BCUT2D eigenvalue weighted by Gasteiger charge is 2.42. The molecule has 3 aromatic carbocycles. The fraction of sp³-hybridized carbons (Fsp3) is 0.312. The van der Waals surface area contributed by atoms with Crippen LogP contribution >= 0.6 is 0 Å². The molecule has 4 aromatic rings. The van der Waals surface area contributed by atoms with Gasteiger partial charge < -0.3 is 24.1 Å². The standard InChI is InChI=1S/C32H33N3O7/c1-38-25-12-8-23(9-13-25)32(22-6-4-3-5-7-22,24-10-14-26(39-2)15-11-24)40-20-28-27(36)18-29(42-28)35-19-21-16-17-41-34-30(21)33-31(35)37/h3-15,19,27-29,36H,16-18,20H2,1-2H3,(H,33,34,37)/t27-,28+,29+/m0/s1. The van der Waals surface area contributed by atoms with Crippen LogP contribution in [-0.2, 0) is 26.3 Å². The Morgan fingerprint density at radius 3 is 2.19 bits per heavy atom. The van der Waals surface area contributed by atoms with Crippen molar-refractivity contribution in [1.82, 2.24) is 9.55 Å². The number of nitrogens with zero attached hydrogens (tertiary/aromatic N) is 2. The average Bonchev–Trinajstić information content (AvgIpc) is 3.41. The number of rotatable bonds is 9. The van der Waals surface area contributed by atoms with Crippen molar-refractivity contribution in [3.05, 3.63) is 118 Å². The van der Waals surface area contributed by atoms with Crippen molar-refractivity contribution < 1.29 is 28.9 Å². The van der Waals surface area contributed by atoms with Crippen LogP contribution in [0.15, 0.2) is 89.9 Å². The van der Waals surface area contributed by atoms with E-state index in [1.54, 1.807) is 20.4 Å². The van der Waals surface area contributed by atoms with Gasteiger partial charge in [-0.15, -0.1) is 0 Å². The van der Waals surface area contributed by atoms with E-state index in [0.29, 0.717) is 18.8 Å². The Bertz CT molecular complexity index is 1510. The largest absolute Gasteiger partial charge is 0.497 e. The van der Waals surface area contributed by atoms with Crippen molar-refractivity contribution >= 4 is 5.82 Å². The van der Waals surface area contributed by atoms with E-state index in [4.69, 9.17) is 23.8 Å². The van der Waals surface area contributed by atoms with E-state index in [0.717, 1.165) is 33.8 Å². The van der Waals surface area contributed by atoms with Crippen molar-refractivity contribution in [2.75, 3.05) is 32.9 Å². The molecule has 0 radical (unpaired) electrons. The lowest BCUT2D eigenvalue weighted by atomic mass is 9.80. The lowest BCUT2D eigenvalue weighted by Gasteiger charge is -2.37. The lowest BCUT2D eigenvalue weighted by molar-refractivity contribution is -0.0944. The van der Waals surface area contributed by atoms with Gasteiger partial charge in [-0.3, -0.25) is 9.40 Å². The predicted molar refractivity (Wildman–Crippen MR) is 155 cm³/mol. The summed E-state index contributed by atoms with van der Waals surface area (Å²) < 4.78 is 25.4. The normalized spacial score (nSPS) is 20.0. The van der Waals surface area contributed by atoms with Gasteiger partial charge in [-0.2, -0.15) is 4.98 Å². The Hall–Kier alpha value is -4.22. The van der Waals surface area contributed by atoms with Crippen molar-refractivity contribution in [3.8, 4) is 11.5 Å². The Kier molecular flexibility index (Phi) is 7.94. The fourth-order valence-electron chi connectivity index (χ4n) is 5.58. The van der Waals surface area contributed by atoms with E-state index < -0.39 is 29.7 Å². The van der Waals surface area contributed by atoms with Gasteiger partial charge in [-0.05, 0) is 41.0 Å². The molecule has 2 aliphatic rings. The molecule has 10 nitrogen and oxygen atoms in total. The number of nitrogens with one attached hydrogen (secondary N) is 1. The van der Waals surface area contributed by atoms with Crippen LogP contribution in [0, 0.1) is 0 Å². The van der Waals surface area contributed by atoms with Crippen molar-refractivity contribution in [2.45, 2.75) is 36.9 Å². The Labute approximate surface area is 243 Å². The van der Waals surface area contributed by atoms with E-state index in [-0.39, 0.29) is 13.0 Å². The number of hydrogen-bond acceptors (Lipinski definition) is 9. The summed E-state index contributed by atoms with van der Waals surface area (Å²) in [6.07, 6.45) is 0.320. The van der Waals surface area contributed by atoms with E-state index in [1.165, 1.54) is 4.57 Å². The molecule has 0 amide bonds. The van der Waals surface area contributed by atoms with Crippen LogP contribution in [0.2, 0.25) is 0 Å². The van der Waals surface area contributed by atoms with Crippen molar-refractivity contribution in [1.29, 1.82) is 0 Å². The summed E-state index contributed by atoms with van der Waals surface area (Å²) in [5, 5.41) is 11.1. The molecule has 2 aliphatic heterocycles. The number of aliphatic hydroxyl groups is 1. The second kappa shape index (κ2) is 11.9. The Morgan fingerprint density at radius 1 is 0.952 bits per heavy atom. The molecule has 1 aromatic heterocycles. The maximum absolute atomic E-state index is 12.8. The summed E-state index contributed by atoms with van der Waals surface area (Å²) >= 11 is 0. The first-order valence-electron chi connectivity index (χ1n) is 13.8. The number of benzene rings is 3. The number of aromatic nitrogens is 2. The van der Waals surface area contributed by atoms with Crippen molar-refractivity contribution in [3.63, 3.8) is 0 Å². The van der Waals surface area contributed by atoms with Crippen LogP contribution in [0.1, 0.15) is 34.9 Å². The molecule has 1 fully saturated rings. The maximum atomic E-state index is 12.8. The summed E-state index contributed by atoms with van der Waals surface area (Å²) in [5.74, 6) is 1.85. The number of fused-ring (bicyclic) bond motifs is 1. The van der Waals surface area contributed by atoms with Gasteiger partial charge >= 0.3 is 5.69 Å². The van der Waals surface area contributed by atoms with Crippen molar-refractivity contribution in [2.24, 2.45) is 0 Å². The molecule has 0 bridgehead atoms. The minimum Gasteiger partial charge on any atom is -0.497 e. The van der Waals surface area contributed by atoms with Crippen LogP contribution in [0.3, 0.4) is 0 Å². The second-order valence-electron chi connectivity index (χ2n) is 10.3. The zero-order chi connectivity index (χ0) is 29.1. The molecule has 0 aliphatic carbocycles. The molecule has 0 spiro atoms. The third-order valence-corrected chi connectivity index (χ3v) is 7.82. The number of methoxy groups -OCH3 is 2. The van der Waals surface area contributed by atoms with Gasteiger partial charge in [0.15, 0.2) is 5.82 Å². The van der Waals surface area contributed by atoms with Gasteiger partial charge in [0.1, 0.15) is 29.4 Å². The summed E-state index contributed by atoms with van der Waals surface area (Å²) in [7, 11) is 3.25. The summed E-state index contributed by atoms with van der Waals surface area (Å²) in [6.45, 7) is 0.517. The van der Waals surface area contributed by atoms with Crippen LogP contribution in [0.4, 0.5) is 5.82 Å². The molecular weight excluding hydrogens is 538 g/mol. The monoisotopic (exact) mass is 571 g/mol. The van der Waals surface area contributed by atoms with Gasteiger partial charge in [-0.25, -0.2) is 10.3 Å². The molecule has 0 unspecified atom stereocenters. The van der Waals surface area contributed by atoms with Gasteiger partial charge in [0.2, 0.25) is 0 Å². The van der Waals surface area contributed by atoms with E-state index >= 15 is 0 Å². The molecular formula is C32H33N3O7. The second-order valence-corrected chi connectivity index (χ2v) is 10.3. The highest BCUT2D eigenvalue weighted by atomic mass is 16.6. The Balaban J connectivity index is 1.35. The minimum absolute atomic E-state index is 0.0487. The molecule has 2 N–H and O–H groups in total. The first-order valence-corrected chi connectivity index (χ1v) is 13.8. The van der Waals surface area contributed by atoms with E-state index in [1.807, 2.05) is 78.9 Å². The summed E-state index contributed by atoms with van der Waals surface area (Å²) in [5.41, 5.74) is 4.63. The molecule has 3 atom stereocenters. The predicted octanol–water partition coefficient (Wildman–Crippen LogP) is 3.82. The van der Waals surface area contributed by atoms with Gasteiger partial charge in [0, 0.05) is 24.6 Å². The SMILES string of the molecule is COc1ccc(C(OC[C@H]2O[C@@H](n3cc4c(nc3=O)NOCC4)C[C@@H]2O)(c2ccccc2)c2ccc(OC)cc2)cc1. The third-order valence-electron chi connectivity index (χ3n) is 7.82. The van der Waals surface area contributed by atoms with Gasteiger partial charge in [-0.1, -0.05) is 54.6 Å². The zero-order valence-corrected chi connectivity index (χ0v) is 23.4. The fourth-order valence-corrected chi connectivity index (χ4v) is 5.58. The summed E-state index contributed by atoms with van der Waals surface area (Å²) in [6, 6.07) is 25.4. The van der Waals surface area contributed by atoms with Crippen LogP contribution in [-0.4, -0.2) is 54.3 Å². The number of anilines is 1. The smallest absolute Gasteiger partial charge is 0.351 e. The molecule has 3 heterocycles. The van der Waals surface area contributed by atoms with Crippen LogP contribution < -0.4 is 20.6 Å².